The molecule has 4 atom stereocenters. The third kappa shape index (κ3) is 2.46. The number of nitrogens with two attached hydrogens (primary N) is 1. The number of hydrogen-bond donors (Lipinski definition) is 4. The van der Waals surface area contributed by atoms with Gasteiger partial charge in [0.05, 0.1) is 12.9 Å². The van der Waals surface area contributed by atoms with Crippen molar-refractivity contribution < 1.29 is 20.1 Å². The van der Waals surface area contributed by atoms with E-state index in [4.69, 9.17) is 10.5 Å². The molecular formula is C15H21N5O4. The molecule has 0 radical (unpaired) electrons. The number of hydrogen-bond acceptors (Lipinski definition) is 8. The van der Waals surface area contributed by atoms with Crippen molar-refractivity contribution >= 4 is 17.0 Å². The van der Waals surface area contributed by atoms with Crippen LogP contribution >= 0.6 is 0 Å². The molecule has 2 aromatic heterocycles. The van der Waals surface area contributed by atoms with E-state index in [0.29, 0.717) is 11.2 Å². The van der Waals surface area contributed by atoms with Crippen molar-refractivity contribution in [2.24, 2.45) is 0 Å². The Morgan fingerprint density at radius 3 is 2.75 bits per heavy atom. The van der Waals surface area contributed by atoms with Crippen molar-refractivity contribution in [3.63, 3.8) is 0 Å². The van der Waals surface area contributed by atoms with E-state index in [1.165, 1.54) is 12.7 Å². The van der Waals surface area contributed by atoms with Gasteiger partial charge in [0.15, 0.2) is 17.2 Å². The molecule has 3 heterocycles. The molecule has 5 N–H and O–H groups in total. The van der Waals surface area contributed by atoms with Crippen LogP contribution in [0.1, 0.15) is 20.3 Å². The molecule has 9 nitrogen and oxygen atoms in total. The lowest BCUT2D eigenvalue weighted by atomic mass is 9.98. The molecule has 0 aromatic carbocycles. The number of aromatic nitrogens is 4. The predicted molar refractivity (Wildman–Crippen MR) is 85.7 cm³/mol. The summed E-state index contributed by atoms with van der Waals surface area (Å²) in [7, 11) is 0. The maximum Gasteiger partial charge on any atom is 0.180 e. The van der Waals surface area contributed by atoms with E-state index in [0.717, 1.165) is 5.57 Å². The zero-order chi connectivity index (χ0) is 17.5. The van der Waals surface area contributed by atoms with Crippen LogP contribution in [0.15, 0.2) is 24.3 Å². The van der Waals surface area contributed by atoms with Gasteiger partial charge in [-0.25, -0.2) is 15.0 Å². The quantitative estimate of drug-likeness (QED) is 0.550. The fourth-order valence-corrected chi connectivity index (χ4v) is 2.96. The molecule has 1 aliphatic rings. The smallest absolute Gasteiger partial charge is 0.180 e. The molecule has 9 heteroatoms. The number of nitrogen functional groups attached to an aromatic ring is 1. The Labute approximate surface area is 138 Å². The first-order valence-electron chi connectivity index (χ1n) is 7.63. The third-order valence-electron chi connectivity index (χ3n) is 4.27. The zero-order valence-corrected chi connectivity index (χ0v) is 13.5. The largest absolute Gasteiger partial charge is 0.394 e. The van der Waals surface area contributed by atoms with Crippen LogP contribution < -0.4 is 5.73 Å². The van der Waals surface area contributed by atoms with Gasteiger partial charge in [0.1, 0.15) is 30.2 Å². The highest BCUT2D eigenvalue weighted by atomic mass is 16.6. The monoisotopic (exact) mass is 335 g/mol. The Kier molecular flexibility index (Phi) is 4.26. The number of fused-ring (bicyclic) bond motifs is 1. The van der Waals surface area contributed by atoms with E-state index in [9.17, 15) is 15.3 Å². The Morgan fingerprint density at radius 1 is 1.38 bits per heavy atom. The SMILES string of the molecule is CC(C)=CC[C@@]1(n2cnc3c(N)ncnc32)O[C@H](CO)[C@@H](O)[C@H]1O. The molecular weight excluding hydrogens is 314 g/mol. The second-order valence-corrected chi connectivity index (χ2v) is 6.15. The highest BCUT2D eigenvalue weighted by Gasteiger charge is 2.55. The molecule has 0 unspecified atom stereocenters. The summed E-state index contributed by atoms with van der Waals surface area (Å²) < 4.78 is 7.44. The average molecular weight is 335 g/mol. The van der Waals surface area contributed by atoms with Gasteiger partial charge in [0.25, 0.3) is 0 Å². The molecule has 1 fully saturated rings. The molecule has 0 bridgehead atoms. The van der Waals surface area contributed by atoms with Crippen LogP contribution in [0.25, 0.3) is 11.2 Å². The Bertz CT molecular complexity index is 772. The molecule has 24 heavy (non-hydrogen) atoms. The summed E-state index contributed by atoms with van der Waals surface area (Å²) in [6.07, 6.45) is 1.46. The van der Waals surface area contributed by atoms with Crippen LogP contribution in [0.2, 0.25) is 0 Å². The topological polar surface area (TPSA) is 140 Å². The van der Waals surface area contributed by atoms with E-state index in [2.05, 4.69) is 15.0 Å². The standard InChI is InChI=1S/C15H21N5O4/c1-8(2)3-4-15(12(23)11(22)9(5-21)24-15)20-7-19-10-13(16)17-6-18-14(10)20/h3,6-7,9,11-12,21-23H,4-5H2,1-2H3,(H2,16,17,18)/t9-,11-,12-,15-/m1/s1. The molecule has 0 spiro atoms. The molecule has 1 saturated heterocycles. The summed E-state index contributed by atoms with van der Waals surface area (Å²) in [6.45, 7) is 3.42. The van der Waals surface area contributed by atoms with Gasteiger partial charge in [-0.15, -0.1) is 0 Å². The van der Waals surface area contributed by atoms with Crippen molar-refractivity contribution in [1.82, 2.24) is 19.5 Å². The highest BCUT2D eigenvalue weighted by molar-refractivity contribution is 5.81. The van der Waals surface area contributed by atoms with Gasteiger partial charge in [-0.1, -0.05) is 11.6 Å². The lowest BCUT2D eigenvalue weighted by Gasteiger charge is -2.33. The van der Waals surface area contributed by atoms with Gasteiger partial charge in [0, 0.05) is 6.42 Å². The summed E-state index contributed by atoms with van der Waals surface area (Å²) in [5.41, 5.74) is 6.25. The second-order valence-electron chi connectivity index (χ2n) is 6.15. The molecule has 2 aromatic rings. The summed E-state index contributed by atoms with van der Waals surface area (Å²) in [5, 5.41) is 30.4. The van der Waals surface area contributed by atoms with E-state index >= 15 is 0 Å². The minimum Gasteiger partial charge on any atom is -0.394 e. The first-order chi connectivity index (χ1) is 11.4. The highest BCUT2D eigenvalue weighted by Crippen LogP contribution is 2.40. The van der Waals surface area contributed by atoms with Gasteiger partial charge >= 0.3 is 0 Å². The Balaban J connectivity index is 2.18. The summed E-state index contributed by atoms with van der Waals surface area (Å²) >= 11 is 0. The summed E-state index contributed by atoms with van der Waals surface area (Å²) in [4.78, 5) is 12.3. The van der Waals surface area contributed by atoms with E-state index in [-0.39, 0.29) is 12.2 Å². The first kappa shape index (κ1) is 16.8. The number of ether oxygens (including phenoxy) is 1. The van der Waals surface area contributed by atoms with Crippen molar-refractivity contribution in [3.8, 4) is 0 Å². The van der Waals surface area contributed by atoms with Crippen LogP contribution in [-0.4, -0.2) is 59.8 Å². The van der Waals surface area contributed by atoms with Crippen molar-refractivity contribution in [2.45, 2.75) is 44.3 Å². The number of anilines is 1. The maximum absolute atomic E-state index is 10.7. The predicted octanol–water partition coefficient (Wildman–Crippen LogP) is -0.470. The molecule has 3 rings (SSSR count). The number of allylic oxidation sites excluding steroid dienone is 1. The molecule has 1 aliphatic heterocycles. The minimum atomic E-state index is -1.35. The van der Waals surface area contributed by atoms with E-state index in [1.54, 1.807) is 4.57 Å². The average Bonchev–Trinajstić information content (AvgIpc) is 3.09. The number of aliphatic hydroxyl groups excluding tert-OH is 3. The van der Waals surface area contributed by atoms with Gasteiger partial charge in [-0.05, 0) is 13.8 Å². The zero-order valence-electron chi connectivity index (χ0n) is 13.5. The van der Waals surface area contributed by atoms with Crippen LogP contribution in [0.4, 0.5) is 5.82 Å². The summed E-state index contributed by atoms with van der Waals surface area (Å²) in [5.74, 6) is 0.211. The Morgan fingerprint density at radius 2 is 2.12 bits per heavy atom. The number of nitrogens with zero attached hydrogens (tertiary/aromatic N) is 4. The number of rotatable bonds is 4. The molecule has 0 saturated carbocycles. The second kappa shape index (κ2) is 6.10. The van der Waals surface area contributed by atoms with Crippen LogP contribution in [0.5, 0.6) is 0 Å². The van der Waals surface area contributed by atoms with Crippen molar-refractivity contribution in [1.29, 1.82) is 0 Å². The minimum absolute atomic E-state index is 0.211. The Hall–Kier alpha value is -2.07. The van der Waals surface area contributed by atoms with E-state index < -0.39 is 30.6 Å². The van der Waals surface area contributed by atoms with Crippen molar-refractivity contribution in [3.05, 3.63) is 24.3 Å². The van der Waals surface area contributed by atoms with Crippen LogP contribution in [0.3, 0.4) is 0 Å². The van der Waals surface area contributed by atoms with Gasteiger partial charge in [-0.2, -0.15) is 0 Å². The number of aliphatic hydroxyl groups is 3. The van der Waals surface area contributed by atoms with E-state index in [1.807, 2.05) is 19.9 Å². The maximum atomic E-state index is 10.7. The summed E-state index contributed by atoms with van der Waals surface area (Å²) in [6, 6.07) is 0. The number of imidazole rings is 1. The van der Waals surface area contributed by atoms with Gasteiger partial charge in [0.2, 0.25) is 0 Å². The third-order valence-corrected chi connectivity index (χ3v) is 4.27. The normalized spacial score (nSPS) is 30.0. The van der Waals surface area contributed by atoms with Crippen molar-refractivity contribution in [2.75, 3.05) is 12.3 Å². The van der Waals surface area contributed by atoms with Gasteiger partial charge < -0.3 is 25.8 Å². The van der Waals surface area contributed by atoms with Gasteiger partial charge in [-0.3, -0.25) is 4.57 Å². The molecule has 0 aliphatic carbocycles. The lowest BCUT2D eigenvalue weighted by molar-refractivity contribution is -0.143. The first-order valence-corrected chi connectivity index (χ1v) is 7.63. The van der Waals surface area contributed by atoms with Crippen LogP contribution in [-0.2, 0) is 10.5 Å². The fraction of sp³-hybridized carbons (Fsp3) is 0.533. The molecule has 0 amide bonds. The van der Waals surface area contributed by atoms with Crippen LogP contribution in [0, 0.1) is 0 Å². The lowest BCUT2D eigenvalue weighted by Crippen LogP contribution is -2.45. The molecule has 130 valence electrons. The fourth-order valence-electron chi connectivity index (χ4n) is 2.96.